The van der Waals surface area contributed by atoms with Crippen molar-refractivity contribution < 1.29 is 18.7 Å². The zero-order valence-electron chi connectivity index (χ0n) is 13.2. The van der Waals surface area contributed by atoms with Crippen molar-refractivity contribution in [2.45, 2.75) is 0 Å². The molecule has 0 aliphatic rings. The molecule has 0 aliphatic carbocycles. The first kappa shape index (κ1) is 16.2. The maximum absolute atomic E-state index is 13.8. The zero-order chi connectivity index (χ0) is 18.1. The second-order valence-electron chi connectivity index (χ2n) is 5.55. The molecule has 0 aliphatic heterocycles. The highest BCUT2D eigenvalue weighted by Gasteiger charge is 2.12. The van der Waals surface area contributed by atoms with Crippen LogP contribution >= 0.6 is 11.5 Å². The Balaban J connectivity index is 1.73. The minimum absolute atomic E-state index is 0.0977. The molecule has 4 rings (SSSR count). The molecule has 0 unspecified atom stereocenters. The standard InChI is InChI=1S/C19H11FN2O3S/c20-16-8-14(7-15(9-16)19(23)24)11-2-1-3-12(6-11)17-21-18(26-22-17)13-4-5-25-10-13/h1-10H,(H,23,24). The van der Waals surface area contributed by atoms with Gasteiger partial charge in [0.05, 0.1) is 17.4 Å². The molecule has 0 bridgehead atoms. The molecular formula is C19H11FN2O3S. The molecule has 0 amide bonds. The van der Waals surface area contributed by atoms with Gasteiger partial charge < -0.3 is 9.52 Å². The number of hydrogen-bond donors (Lipinski definition) is 1. The second kappa shape index (κ2) is 6.53. The lowest BCUT2D eigenvalue weighted by atomic mass is 10.0. The molecule has 0 spiro atoms. The van der Waals surface area contributed by atoms with Crippen LogP contribution in [0.25, 0.3) is 33.1 Å². The van der Waals surface area contributed by atoms with Crippen LogP contribution in [-0.2, 0) is 0 Å². The highest BCUT2D eigenvalue weighted by molar-refractivity contribution is 7.09. The third-order valence-electron chi connectivity index (χ3n) is 3.79. The topological polar surface area (TPSA) is 76.2 Å². The van der Waals surface area contributed by atoms with Gasteiger partial charge in [0.15, 0.2) is 5.82 Å². The molecule has 4 aromatic rings. The van der Waals surface area contributed by atoms with Gasteiger partial charge in [-0.25, -0.2) is 14.2 Å². The minimum atomic E-state index is -1.17. The number of aromatic nitrogens is 2. The Morgan fingerprint density at radius 3 is 2.65 bits per heavy atom. The van der Waals surface area contributed by atoms with Crippen LogP contribution < -0.4 is 0 Å². The molecule has 26 heavy (non-hydrogen) atoms. The average molecular weight is 366 g/mol. The summed E-state index contributed by atoms with van der Waals surface area (Å²) < 4.78 is 23.2. The van der Waals surface area contributed by atoms with E-state index in [0.29, 0.717) is 17.0 Å². The summed E-state index contributed by atoms with van der Waals surface area (Å²) in [7, 11) is 0. The number of carbonyl (C=O) groups is 1. The van der Waals surface area contributed by atoms with Crippen molar-refractivity contribution in [1.29, 1.82) is 0 Å². The van der Waals surface area contributed by atoms with Gasteiger partial charge in [-0.2, -0.15) is 4.37 Å². The van der Waals surface area contributed by atoms with Crippen LogP contribution in [-0.4, -0.2) is 20.4 Å². The molecule has 2 aromatic heterocycles. The summed E-state index contributed by atoms with van der Waals surface area (Å²) in [5, 5.41) is 9.85. The molecule has 0 fully saturated rings. The summed E-state index contributed by atoms with van der Waals surface area (Å²) >= 11 is 1.25. The predicted octanol–water partition coefficient (Wildman–Crippen LogP) is 4.97. The summed E-state index contributed by atoms with van der Waals surface area (Å²) in [5.74, 6) is -1.23. The van der Waals surface area contributed by atoms with E-state index in [-0.39, 0.29) is 5.56 Å². The smallest absolute Gasteiger partial charge is 0.335 e. The zero-order valence-corrected chi connectivity index (χ0v) is 14.0. The Morgan fingerprint density at radius 1 is 1.04 bits per heavy atom. The third kappa shape index (κ3) is 3.12. The lowest BCUT2D eigenvalue weighted by Crippen LogP contribution is -1.97. The maximum atomic E-state index is 13.8. The molecule has 128 valence electrons. The van der Waals surface area contributed by atoms with E-state index in [1.807, 2.05) is 12.1 Å². The average Bonchev–Trinajstić information content (AvgIpc) is 3.32. The fraction of sp³-hybridized carbons (Fsp3) is 0. The molecule has 0 atom stereocenters. The van der Waals surface area contributed by atoms with Gasteiger partial charge >= 0.3 is 5.97 Å². The van der Waals surface area contributed by atoms with Crippen LogP contribution in [0.4, 0.5) is 4.39 Å². The maximum Gasteiger partial charge on any atom is 0.335 e. The van der Waals surface area contributed by atoms with E-state index < -0.39 is 11.8 Å². The number of halogens is 1. The Morgan fingerprint density at radius 2 is 1.88 bits per heavy atom. The normalized spacial score (nSPS) is 10.8. The summed E-state index contributed by atoms with van der Waals surface area (Å²) in [4.78, 5) is 15.6. The Labute approximate surface area is 151 Å². The lowest BCUT2D eigenvalue weighted by molar-refractivity contribution is 0.0696. The summed E-state index contributed by atoms with van der Waals surface area (Å²) in [6.07, 6.45) is 3.17. The van der Waals surface area contributed by atoms with Gasteiger partial charge in [0, 0.05) is 5.56 Å². The Hall–Kier alpha value is -3.32. The fourth-order valence-corrected chi connectivity index (χ4v) is 3.23. The third-order valence-corrected chi connectivity index (χ3v) is 4.56. The highest BCUT2D eigenvalue weighted by Crippen LogP contribution is 2.29. The second-order valence-corrected chi connectivity index (χ2v) is 6.30. The van der Waals surface area contributed by atoms with Crippen molar-refractivity contribution in [3.8, 4) is 33.1 Å². The Bertz CT molecular complexity index is 1090. The summed E-state index contributed by atoms with van der Waals surface area (Å²) in [5.41, 5.74) is 2.67. The number of carboxylic acids is 1. The molecular weight excluding hydrogens is 355 g/mol. The van der Waals surface area contributed by atoms with Gasteiger partial charge in [-0.1, -0.05) is 18.2 Å². The highest BCUT2D eigenvalue weighted by atomic mass is 32.1. The van der Waals surface area contributed by atoms with Crippen LogP contribution in [0.5, 0.6) is 0 Å². The lowest BCUT2D eigenvalue weighted by Gasteiger charge is -2.05. The first-order chi connectivity index (χ1) is 12.6. The van der Waals surface area contributed by atoms with Gasteiger partial charge in [0.1, 0.15) is 17.1 Å². The van der Waals surface area contributed by atoms with E-state index in [2.05, 4.69) is 9.36 Å². The first-order valence-corrected chi connectivity index (χ1v) is 8.38. The fourth-order valence-electron chi connectivity index (χ4n) is 2.56. The van der Waals surface area contributed by atoms with E-state index in [1.165, 1.54) is 23.7 Å². The molecule has 0 saturated carbocycles. The number of rotatable bonds is 4. The SMILES string of the molecule is O=C(O)c1cc(F)cc(-c2cccc(-c3nsc(-c4ccoc4)n3)c2)c1. The summed E-state index contributed by atoms with van der Waals surface area (Å²) in [6, 6.07) is 12.8. The molecule has 5 nitrogen and oxygen atoms in total. The van der Waals surface area contributed by atoms with Crippen molar-refractivity contribution in [2.75, 3.05) is 0 Å². The van der Waals surface area contributed by atoms with Gasteiger partial charge in [-0.3, -0.25) is 0 Å². The molecule has 2 heterocycles. The van der Waals surface area contributed by atoms with Crippen molar-refractivity contribution in [3.63, 3.8) is 0 Å². The largest absolute Gasteiger partial charge is 0.478 e. The monoisotopic (exact) mass is 366 g/mol. The van der Waals surface area contributed by atoms with Gasteiger partial charge in [0.2, 0.25) is 0 Å². The van der Waals surface area contributed by atoms with Crippen LogP contribution in [0, 0.1) is 5.82 Å². The number of benzene rings is 2. The molecule has 0 radical (unpaired) electrons. The van der Waals surface area contributed by atoms with Crippen LogP contribution in [0.1, 0.15) is 10.4 Å². The van der Waals surface area contributed by atoms with Gasteiger partial charge in [-0.15, -0.1) is 0 Å². The molecule has 2 aromatic carbocycles. The van der Waals surface area contributed by atoms with Crippen molar-refractivity contribution in [2.24, 2.45) is 0 Å². The summed E-state index contributed by atoms with van der Waals surface area (Å²) in [6.45, 7) is 0. The quantitative estimate of drug-likeness (QED) is 0.552. The molecule has 7 heteroatoms. The molecule has 1 N–H and O–H groups in total. The molecule has 0 saturated heterocycles. The van der Waals surface area contributed by atoms with E-state index >= 15 is 0 Å². The predicted molar refractivity (Wildman–Crippen MR) is 95.4 cm³/mol. The Kier molecular flexibility index (Phi) is 4.06. The van der Waals surface area contributed by atoms with Crippen LogP contribution in [0.3, 0.4) is 0 Å². The number of hydrogen-bond acceptors (Lipinski definition) is 5. The van der Waals surface area contributed by atoms with Crippen molar-refractivity contribution >= 4 is 17.5 Å². The van der Waals surface area contributed by atoms with E-state index in [0.717, 1.165) is 22.2 Å². The van der Waals surface area contributed by atoms with Gasteiger partial charge in [-0.05, 0) is 53.0 Å². The number of furan rings is 1. The number of carboxylic acid groups (broad SMARTS) is 1. The van der Waals surface area contributed by atoms with Crippen LogP contribution in [0.2, 0.25) is 0 Å². The number of nitrogens with zero attached hydrogens (tertiary/aromatic N) is 2. The minimum Gasteiger partial charge on any atom is -0.478 e. The van der Waals surface area contributed by atoms with E-state index in [1.54, 1.807) is 30.7 Å². The van der Waals surface area contributed by atoms with Gasteiger partial charge in [0.25, 0.3) is 0 Å². The van der Waals surface area contributed by atoms with Crippen molar-refractivity contribution in [1.82, 2.24) is 9.36 Å². The van der Waals surface area contributed by atoms with Crippen molar-refractivity contribution in [3.05, 3.63) is 72.4 Å². The van der Waals surface area contributed by atoms with E-state index in [9.17, 15) is 9.18 Å². The van der Waals surface area contributed by atoms with E-state index in [4.69, 9.17) is 9.52 Å². The first-order valence-electron chi connectivity index (χ1n) is 7.61. The van der Waals surface area contributed by atoms with Crippen LogP contribution in [0.15, 0.2) is 65.5 Å². The number of aromatic carboxylic acids is 1.